The molecule has 8 heteroatoms. The van der Waals surface area contributed by atoms with Crippen LogP contribution in [0.5, 0.6) is 0 Å². The number of rotatable bonds is 6. The molecule has 1 fully saturated rings. The van der Waals surface area contributed by atoms with Crippen molar-refractivity contribution in [3.8, 4) is 0 Å². The van der Waals surface area contributed by atoms with E-state index in [4.69, 9.17) is 19.7 Å². The van der Waals surface area contributed by atoms with Crippen molar-refractivity contribution in [3.05, 3.63) is 11.7 Å². The van der Waals surface area contributed by atoms with Crippen LogP contribution in [0.4, 0.5) is 8.78 Å². The van der Waals surface area contributed by atoms with E-state index in [9.17, 15) is 8.78 Å². The number of aromatic nitrogens is 2. The zero-order valence-corrected chi connectivity index (χ0v) is 10.4. The Balaban J connectivity index is 1.81. The Morgan fingerprint density at radius 3 is 3.05 bits per heavy atom. The summed E-state index contributed by atoms with van der Waals surface area (Å²) in [6.45, 7) is 0.660. The predicted octanol–water partition coefficient (Wildman–Crippen LogP) is 0.725. The smallest absolute Gasteiger partial charge is 0.261 e. The van der Waals surface area contributed by atoms with Crippen LogP contribution in [0.1, 0.15) is 24.1 Å². The molecule has 108 valence electrons. The SMILES string of the molecule is NC1CCOCC1c1nc(CCOCC(F)F)no1. The van der Waals surface area contributed by atoms with Gasteiger partial charge in [-0.2, -0.15) is 4.98 Å². The summed E-state index contributed by atoms with van der Waals surface area (Å²) in [5, 5.41) is 3.78. The second-order valence-electron chi connectivity index (χ2n) is 4.40. The molecule has 0 amide bonds. The predicted molar refractivity (Wildman–Crippen MR) is 61.0 cm³/mol. The summed E-state index contributed by atoms with van der Waals surface area (Å²) in [4.78, 5) is 4.20. The molecule has 0 radical (unpaired) electrons. The highest BCUT2D eigenvalue weighted by Gasteiger charge is 2.29. The van der Waals surface area contributed by atoms with Gasteiger partial charge in [-0.3, -0.25) is 0 Å². The second-order valence-corrected chi connectivity index (χ2v) is 4.40. The molecule has 0 bridgehead atoms. The van der Waals surface area contributed by atoms with Gasteiger partial charge in [-0.1, -0.05) is 5.16 Å². The zero-order chi connectivity index (χ0) is 13.7. The summed E-state index contributed by atoms with van der Waals surface area (Å²) >= 11 is 0. The first kappa shape index (κ1) is 14.3. The Bertz CT molecular complexity index is 389. The first-order valence-corrected chi connectivity index (χ1v) is 6.18. The van der Waals surface area contributed by atoms with Gasteiger partial charge in [-0.05, 0) is 6.42 Å². The Kier molecular flexibility index (Phi) is 5.17. The number of ether oxygens (including phenoxy) is 2. The number of halogens is 2. The summed E-state index contributed by atoms with van der Waals surface area (Å²) in [7, 11) is 0. The molecule has 2 unspecified atom stereocenters. The molecule has 1 aliphatic rings. The monoisotopic (exact) mass is 277 g/mol. The van der Waals surface area contributed by atoms with Gasteiger partial charge >= 0.3 is 0 Å². The number of hydrogen-bond donors (Lipinski definition) is 1. The number of nitrogens with zero attached hydrogens (tertiary/aromatic N) is 2. The lowest BCUT2D eigenvalue weighted by Crippen LogP contribution is -2.37. The van der Waals surface area contributed by atoms with Crippen molar-refractivity contribution in [1.82, 2.24) is 10.1 Å². The van der Waals surface area contributed by atoms with Gasteiger partial charge in [0.15, 0.2) is 5.82 Å². The first-order valence-electron chi connectivity index (χ1n) is 6.18. The van der Waals surface area contributed by atoms with Crippen LogP contribution in [0.3, 0.4) is 0 Å². The highest BCUT2D eigenvalue weighted by molar-refractivity contribution is 5.00. The van der Waals surface area contributed by atoms with E-state index in [1.807, 2.05) is 0 Å². The van der Waals surface area contributed by atoms with E-state index in [0.29, 0.717) is 31.3 Å². The summed E-state index contributed by atoms with van der Waals surface area (Å²) < 4.78 is 38.9. The van der Waals surface area contributed by atoms with Gasteiger partial charge < -0.3 is 19.7 Å². The quantitative estimate of drug-likeness (QED) is 0.772. The van der Waals surface area contributed by atoms with Crippen LogP contribution in [0.25, 0.3) is 0 Å². The highest BCUT2D eigenvalue weighted by atomic mass is 19.3. The molecule has 0 saturated carbocycles. The fourth-order valence-electron chi connectivity index (χ4n) is 1.86. The van der Waals surface area contributed by atoms with Gasteiger partial charge in [0.05, 0.1) is 19.1 Å². The summed E-state index contributed by atoms with van der Waals surface area (Å²) in [6, 6.07) is -0.0582. The Labute approximate surface area is 109 Å². The molecule has 2 heterocycles. The maximum atomic E-state index is 11.8. The van der Waals surface area contributed by atoms with Crippen LogP contribution < -0.4 is 5.73 Å². The van der Waals surface area contributed by atoms with E-state index in [1.54, 1.807) is 0 Å². The van der Waals surface area contributed by atoms with E-state index in [2.05, 4.69) is 10.1 Å². The molecular formula is C11H17F2N3O3. The number of hydrogen-bond acceptors (Lipinski definition) is 6. The van der Waals surface area contributed by atoms with E-state index in [-0.39, 0.29) is 18.6 Å². The first-order chi connectivity index (χ1) is 9.16. The Morgan fingerprint density at radius 1 is 1.47 bits per heavy atom. The van der Waals surface area contributed by atoms with E-state index in [0.717, 1.165) is 6.42 Å². The molecular weight excluding hydrogens is 260 g/mol. The lowest BCUT2D eigenvalue weighted by molar-refractivity contribution is 0.0182. The number of nitrogens with two attached hydrogens (primary N) is 1. The Morgan fingerprint density at radius 2 is 2.32 bits per heavy atom. The van der Waals surface area contributed by atoms with Crippen molar-refractivity contribution in [1.29, 1.82) is 0 Å². The molecule has 6 nitrogen and oxygen atoms in total. The Hall–Kier alpha value is -1.12. The van der Waals surface area contributed by atoms with Gasteiger partial charge in [-0.25, -0.2) is 8.78 Å². The molecule has 2 rings (SSSR count). The molecule has 1 saturated heterocycles. The van der Waals surface area contributed by atoms with Crippen molar-refractivity contribution in [3.63, 3.8) is 0 Å². The topological polar surface area (TPSA) is 83.4 Å². The standard InChI is InChI=1S/C11H17F2N3O3/c12-9(13)6-18-4-2-10-15-11(19-16-10)7-5-17-3-1-8(7)14/h7-9H,1-6,14H2. The van der Waals surface area contributed by atoms with Gasteiger partial charge in [0.2, 0.25) is 5.89 Å². The lowest BCUT2D eigenvalue weighted by Gasteiger charge is -2.25. The van der Waals surface area contributed by atoms with Crippen molar-refractivity contribution >= 4 is 0 Å². The molecule has 0 aliphatic carbocycles. The fraction of sp³-hybridized carbons (Fsp3) is 0.818. The van der Waals surface area contributed by atoms with Crippen molar-refractivity contribution in [2.45, 2.75) is 31.2 Å². The molecule has 0 aromatic carbocycles. The summed E-state index contributed by atoms with van der Waals surface area (Å²) in [5.74, 6) is 0.773. The normalized spacial score (nSPS) is 24.0. The third-order valence-electron chi connectivity index (χ3n) is 2.92. The summed E-state index contributed by atoms with van der Waals surface area (Å²) in [6.07, 6.45) is -1.38. The van der Waals surface area contributed by atoms with E-state index in [1.165, 1.54) is 0 Å². The van der Waals surface area contributed by atoms with Crippen LogP contribution in [0, 0.1) is 0 Å². The van der Waals surface area contributed by atoms with Gasteiger partial charge in [0, 0.05) is 19.1 Å². The van der Waals surface area contributed by atoms with Crippen molar-refractivity contribution < 1.29 is 22.8 Å². The maximum absolute atomic E-state index is 11.8. The van der Waals surface area contributed by atoms with Crippen molar-refractivity contribution in [2.24, 2.45) is 5.73 Å². The molecule has 1 aromatic heterocycles. The summed E-state index contributed by atoms with van der Waals surface area (Å²) in [5.41, 5.74) is 5.96. The minimum atomic E-state index is -2.46. The van der Waals surface area contributed by atoms with Gasteiger partial charge in [0.25, 0.3) is 6.43 Å². The highest BCUT2D eigenvalue weighted by Crippen LogP contribution is 2.23. The van der Waals surface area contributed by atoms with Crippen LogP contribution in [0.2, 0.25) is 0 Å². The molecule has 0 spiro atoms. The van der Waals surface area contributed by atoms with Crippen LogP contribution in [-0.4, -0.2) is 49.0 Å². The third-order valence-corrected chi connectivity index (χ3v) is 2.92. The fourth-order valence-corrected chi connectivity index (χ4v) is 1.86. The van der Waals surface area contributed by atoms with Crippen LogP contribution in [0.15, 0.2) is 4.52 Å². The molecule has 2 N–H and O–H groups in total. The van der Waals surface area contributed by atoms with Gasteiger partial charge in [-0.15, -0.1) is 0 Å². The van der Waals surface area contributed by atoms with Crippen LogP contribution >= 0.6 is 0 Å². The zero-order valence-electron chi connectivity index (χ0n) is 10.4. The minimum Gasteiger partial charge on any atom is -0.381 e. The lowest BCUT2D eigenvalue weighted by atomic mass is 9.97. The molecule has 1 aromatic rings. The van der Waals surface area contributed by atoms with E-state index < -0.39 is 13.0 Å². The maximum Gasteiger partial charge on any atom is 0.261 e. The van der Waals surface area contributed by atoms with Crippen molar-refractivity contribution in [2.75, 3.05) is 26.4 Å². The average molecular weight is 277 g/mol. The minimum absolute atomic E-state index is 0.0582. The average Bonchev–Trinajstić information content (AvgIpc) is 2.83. The second kappa shape index (κ2) is 6.88. The largest absolute Gasteiger partial charge is 0.381 e. The number of alkyl halides is 2. The molecule has 19 heavy (non-hydrogen) atoms. The molecule has 1 aliphatic heterocycles. The molecule has 2 atom stereocenters. The van der Waals surface area contributed by atoms with E-state index >= 15 is 0 Å². The third kappa shape index (κ3) is 4.19. The van der Waals surface area contributed by atoms with Gasteiger partial charge in [0.1, 0.15) is 6.61 Å². The van der Waals surface area contributed by atoms with Crippen LogP contribution in [-0.2, 0) is 15.9 Å².